The fourth-order valence-electron chi connectivity index (χ4n) is 4.37. The van der Waals surface area contributed by atoms with Gasteiger partial charge < -0.3 is 10.0 Å². The van der Waals surface area contributed by atoms with Gasteiger partial charge in [0.15, 0.2) is 0 Å². The van der Waals surface area contributed by atoms with Crippen molar-refractivity contribution in [2.75, 3.05) is 4.90 Å². The number of carbonyl (C=O) groups is 1. The molecule has 0 aliphatic carbocycles. The fraction of sp³-hybridized carbons (Fsp3) is 0.133. The van der Waals surface area contributed by atoms with Crippen molar-refractivity contribution in [3.8, 4) is 5.75 Å². The first kappa shape index (κ1) is 22.9. The molecule has 4 aromatic rings. The van der Waals surface area contributed by atoms with E-state index in [1.54, 1.807) is 12.1 Å². The third-order valence-corrected chi connectivity index (χ3v) is 6.45. The highest BCUT2D eigenvalue weighted by Gasteiger charge is 2.32. The van der Waals surface area contributed by atoms with Gasteiger partial charge >= 0.3 is 0 Å². The number of phenols is 1. The van der Waals surface area contributed by atoms with Gasteiger partial charge in [-0.15, -0.1) is 0 Å². The van der Waals surface area contributed by atoms with Crippen LogP contribution in [0, 0.1) is 6.92 Å². The van der Waals surface area contributed by atoms with E-state index in [2.05, 4.69) is 24.3 Å². The number of rotatable bonds is 5. The van der Waals surface area contributed by atoms with Crippen LogP contribution in [0.15, 0.2) is 102 Å². The Morgan fingerprint density at radius 1 is 0.886 bits per heavy atom. The first-order chi connectivity index (χ1) is 17.0. The summed E-state index contributed by atoms with van der Waals surface area (Å²) in [6.45, 7) is 2.48. The van der Waals surface area contributed by atoms with Crippen LogP contribution in [0.1, 0.15) is 27.8 Å². The Morgan fingerprint density at radius 3 is 2.31 bits per heavy atom. The number of phenolic OH excluding ortho intramolecular Hbond substituents is 1. The zero-order chi connectivity index (χ0) is 24.4. The summed E-state index contributed by atoms with van der Waals surface area (Å²) in [6.07, 6.45) is 0.480. The Balaban J connectivity index is 1.66. The van der Waals surface area contributed by atoms with Crippen LogP contribution in [0.3, 0.4) is 0 Å². The molecule has 1 atom stereocenters. The Bertz CT molecular complexity index is 1380. The zero-order valence-corrected chi connectivity index (χ0v) is 20.1. The molecule has 5 rings (SSSR count). The van der Waals surface area contributed by atoms with Crippen molar-refractivity contribution in [2.45, 2.75) is 25.9 Å². The predicted octanol–water partition coefficient (Wildman–Crippen LogP) is 6.35. The van der Waals surface area contributed by atoms with Gasteiger partial charge in [-0.3, -0.25) is 9.79 Å². The van der Waals surface area contributed by atoms with Crippen molar-refractivity contribution in [2.24, 2.45) is 4.99 Å². The predicted molar refractivity (Wildman–Crippen MR) is 142 cm³/mol. The lowest BCUT2D eigenvalue weighted by atomic mass is 9.99. The Labute approximate surface area is 210 Å². The molecule has 1 aliphatic heterocycles. The Morgan fingerprint density at radius 2 is 1.60 bits per heavy atom. The molecule has 0 fully saturated rings. The van der Waals surface area contributed by atoms with E-state index in [-0.39, 0.29) is 11.7 Å². The molecule has 1 N–H and O–H groups in total. The largest absolute Gasteiger partial charge is 0.508 e. The molecule has 1 unspecified atom stereocenters. The fourth-order valence-corrected chi connectivity index (χ4v) is 4.54. The van der Waals surface area contributed by atoms with Crippen LogP contribution >= 0.6 is 11.6 Å². The first-order valence-corrected chi connectivity index (χ1v) is 11.9. The normalized spacial score (nSPS) is 15.4. The minimum atomic E-state index is -0.613. The lowest BCUT2D eigenvalue weighted by molar-refractivity contribution is -0.119. The molecule has 4 aromatic carbocycles. The third kappa shape index (κ3) is 4.98. The van der Waals surface area contributed by atoms with Crippen molar-refractivity contribution in [3.05, 3.63) is 130 Å². The lowest BCUT2D eigenvalue weighted by Crippen LogP contribution is -2.38. The Hall–Kier alpha value is -3.89. The highest BCUT2D eigenvalue weighted by molar-refractivity contribution is 6.32. The van der Waals surface area contributed by atoms with Gasteiger partial charge in [-0.1, -0.05) is 71.8 Å². The lowest BCUT2D eigenvalue weighted by Gasteiger charge is -2.26. The highest BCUT2D eigenvalue weighted by atomic mass is 35.5. The van der Waals surface area contributed by atoms with Gasteiger partial charge in [0.1, 0.15) is 11.8 Å². The molecule has 1 aliphatic rings. The maximum Gasteiger partial charge on any atom is 0.252 e. The Kier molecular flexibility index (Phi) is 6.39. The van der Waals surface area contributed by atoms with Crippen LogP contribution in [-0.4, -0.2) is 22.8 Å². The first-order valence-electron chi connectivity index (χ1n) is 11.6. The van der Waals surface area contributed by atoms with Crippen LogP contribution in [0.4, 0.5) is 5.69 Å². The van der Waals surface area contributed by atoms with E-state index in [0.29, 0.717) is 23.7 Å². The van der Waals surface area contributed by atoms with E-state index in [9.17, 15) is 9.90 Å². The monoisotopic (exact) mass is 480 g/mol. The summed E-state index contributed by atoms with van der Waals surface area (Å²) < 4.78 is 0. The summed E-state index contributed by atoms with van der Waals surface area (Å²) in [5.41, 5.74) is 6.30. The molecule has 0 saturated heterocycles. The van der Waals surface area contributed by atoms with E-state index in [0.717, 1.165) is 27.9 Å². The molecule has 5 heteroatoms. The smallest absolute Gasteiger partial charge is 0.252 e. The van der Waals surface area contributed by atoms with Crippen molar-refractivity contribution >= 4 is 28.9 Å². The molecule has 1 heterocycles. The number of amides is 1. The maximum atomic E-state index is 14.0. The number of hydrogen-bond donors (Lipinski definition) is 1. The molecule has 35 heavy (non-hydrogen) atoms. The molecule has 174 valence electrons. The standard InChI is InChI=1S/C30H25ClN2O2/c1-20-7-9-22(10-8-20)19-33-28-16-13-24(31)18-26(28)29(23-11-14-25(34)15-12-23)32-27(30(33)35)17-21-5-3-2-4-6-21/h2-16,18,27,34H,17,19H2,1H3. The molecule has 0 saturated carbocycles. The second-order valence-corrected chi connectivity index (χ2v) is 9.24. The summed E-state index contributed by atoms with van der Waals surface area (Å²) in [5, 5.41) is 10.4. The van der Waals surface area contributed by atoms with Gasteiger partial charge in [-0.2, -0.15) is 0 Å². The number of carbonyl (C=O) groups excluding carboxylic acids is 1. The van der Waals surface area contributed by atoms with Crippen molar-refractivity contribution in [3.63, 3.8) is 0 Å². The zero-order valence-electron chi connectivity index (χ0n) is 19.4. The van der Waals surface area contributed by atoms with Gasteiger partial charge in [0.2, 0.25) is 0 Å². The van der Waals surface area contributed by atoms with E-state index in [1.807, 2.05) is 72.5 Å². The maximum absolute atomic E-state index is 14.0. The van der Waals surface area contributed by atoms with Gasteiger partial charge in [0.05, 0.1) is 17.9 Å². The number of hydrogen-bond acceptors (Lipinski definition) is 3. The summed E-state index contributed by atoms with van der Waals surface area (Å²) >= 11 is 6.44. The molecule has 1 amide bonds. The number of anilines is 1. The van der Waals surface area contributed by atoms with Gasteiger partial charge in [0, 0.05) is 22.6 Å². The quantitative estimate of drug-likeness (QED) is 0.362. The van der Waals surface area contributed by atoms with Crippen molar-refractivity contribution in [1.82, 2.24) is 0 Å². The minimum absolute atomic E-state index is 0.0632. The van der Waals surface area contributed by atoms with Gasteiger partial charge in [-0.25, -0.2) is 0 Å². The molecule has 0 bridgehead atoms. The van der Waals surface area contributed by atoms with Crippen LogP contribution in [0.5, 0.6) is 5.75 Å². The number of fused-ring (bicyclic) bond motifs is 1. The SMILES string of the molecule is Cc1ccc(CN2C(=O)C(Cc3ccccc3)N=C(c3ccc(O)cc3)c3cc(Cl)ccc32)cc1. The van der Waals surface area contributed by atoms with Crippen LogP contribution in [0.2, 0.25) is 5.02 Å². The summed E-state index contributed by atoms with van der Waals surface area (Å²) in [7, 11) is 0. The second-order valence-electron chi connectivity index (χ2n) is 8.80. The average molecular weight is 481 g/mol. The van der Waals surface area contributed by atoms with Crippen LogP contribution in [-0.2, 0) is 17.8 Å². The summed E-state index contributed by atoms with van der Waals surface area (Å²) in [4.78, 5) is 20.9. The molecule has 0 spiro atoms. The molecule has 0 radical (unpaired) electrons. The number of aryl methyl sites for hydroxylation is 1. The summed E-state index contributed by atoms with van der Waals surface area (Å²) in [5.74, 6) is 0.110. The van der Waals surface area contributed by atoms with E-state index >= 15 is 0 Å². The topological polar surface area (TPSA) is 52.9 Å². The number of nitrogens with zero attached hydrogens (tertiary/aromatic N) is 2. The third-order valence-electron chi connectivity index (χ3n) is 6.21. The number of halogens is 1. The molecular weight excluding hydrogens is 456 g/mol. The molecule has 0 aromatic heterocycles. The van der Waals surface area contributed by atoms with Crippen molar-refractivity contribution in [1.29, 1.82) is 0 Å². The summed E-state index contributed by atoms with van der Waals surface area (Å²) in [6, 6.07) is 30.0. The van der Waals surface area contributed by atoms with E-state index in [1.165, 1.54) is 5.56 Å². The number of aromatic hydroxyl groups is 1. The van der Waals surface area contributed by atoms with Crippen LogP contribution < -0.4 is 4.90 Å². The van der Waals surface area contributed by atoms with E-state index < -0.39 is 6.04 Å². The molecule has 4 nitrogen and oxygen atoms in total. The number of benzene rings is 4. The second kappa shape index (κ2) is 9.77. The highest BCUT2D eigenvalue weighted by Crippen LogP contribution is 2.33. The van der Waals surface area contributed by atoms with Gasteiger partial charge in [-0.05, 0) is 60.5 Å². The van der Waals surface area contributed by atoms with Gasteiger partial charge in [0.25, 0.3) is 5.91 Å². The minimum Gasteiger partial charge on any atom is -0.508 e. The van der Waals surface area contributed by atoms with Crippen LogP contribution in [0.25, 0.3) is 0 Å². The average Bonchev–Trinajstić information content (AvgIpc) is 2.97. The number of benzodiazepines with no additional fused rings is 1. The van der Waals surface area contributed by atoms with E-state index in [4.69, 9.17) is 16.6 Å². The number of aliphatic imine (C=N–C) groups is 1. The molecular formula is C30H25ClN2O2. The van der Waals surface area contributed by atoms with Crippen molar-refractivity contribution < 1.29 is 9.90 Å².